The predicted octanol–water partition coefficient (Wildman–Crippen LogP) is 1.26. The first-order chi connectivity index (χ1) is 8.61. The van der Waals surface area contributed by atoms with Crippen LogP contribution in [0.1, 0.15) is 13.3 Å². The standard InChI is InChI=1S/C12H12N2O4/c1-2-18-9-5-3-8(4-6-9)14-11(15)7-10(13-14)12(16)17/h3-6H,2,7H2,1H3,(H,16,17). The van der Waals surface area contributed by atoms with Crippen LogP contribution in [0.4, 0.5) is 5.69 Å². The number of hydrogen-bond donors (Lipinski definition) is 1. The predicted molar refractivity (Wildman–Crippen MR) is 64.8 cm³/mol. The van der Waals surface area contributed by atoms with Crippen LogP contribution < -0.4 is 9.75 Å². The van der Waals surface area contributed by atoms with Gasteiger partial charge in [-0.15, -0.1) is 0 Å². The summed E-state index contributed by atoms with van der Waals surface area (Å²) in [6.07, 6.45) is -0.178. The van der Waals surface area contributed by atoms with Gasteiger partial charge in [0.05, 0.1) is 18.7 Å². The number of ether oxygens (including phenoxy) is 1. The van der Waals surface area contributed by atoms with Gasteiger partial charge < -0.3 is 9.84 Å². The number of aliphatic carboxylic acids is 1. The van der Waals surface area contributed by atoms with E-state index in [1.807, 2.05) is 6.92 Å². The summed E-state index contributed by atoms with van der Waals surface area (Å²) >= 11 is 0. The first-order valence-corrected chi connectivity index (χ1v) is 5.48. The van der Waals surface area contributed by atoms with E-state index in [1.54, 1.807) is 24.3 Å². The smallest absolute Gasteiger partial charge is 0.352 e. The summed E-state index contributed by atoms with van der Waals surface area (Å²) in [5.74, 6) is -0.830. The number of carboxylic acids is 1. The average Bonchev–Trinajstić information content (AvgIpc) is 2.73. The Kier molecular flexibility index (Phi) is 3.27. The van der Waals surface area contributed by atoms with Crippen LogP contribution in [0.5, 0.6) is 5.75 Å². The van der Waals surface area contributed by atoms with Crippen LogP contribution >= 0.6 is 0 Å². The highest BCUT2D eigenvalue weighted by Crippen LogP contribution is 2.23. The van der Waals surface area contributed by atoms with Crippen molar-refractivity contribution in [3.63, 3.8) is 0 Å². The summed E-state index contributed by atoms with van der Waals surface area (Å²) in [6.45, 7) is 2.44. The monoisotopic (exact) mass is 248 g/mol. The van der Waals surface area contributed by atoms with Gasteiger partial charge in [0, 0.05) is 0 Å². The molecule has 94 valence electrons. The molecule has 0 aliphatic carbocycles. The van der Waals surface area contributed by atoms with Crippen molar-refractivity contribution < 1.29 is 19.4 Å². The van der Waals surface area contributed by atoms with E-state index in [2.05, 4.69) is 5.10 Å². The van der Waals surface area contributed by atoms with Crippen molar-refractivity contribution in [3.05, 3.63) is 24.3 Å². The minimum absolute atomic E-state index is 0.145. The number of carboxylic acid groups (broad SMARTS) is 1. The van der Waals surface area contributed by atoms with Gasteiger partial charge >= 0.3 is 5.97 Å². The number of carbonyl (C=O) groups excluding carboxylic acids is 1. The number of anilines is 1. The van der Waals surface area contributed by atoms with Crippen molar-refractivity contribution in [2.45, 2.75) is 13.3 Å². The van der Waals surface area contributed by atoms with Gasteiger partial charge in [0.1, 0.15) is 5.75 Å². The van der Waals surface area contributed by atoms with E-state index in [0.717, 1.165) is 5.01 Å². The van der Waals surface area contributed by atoms with Crippen LogP contribution in [0.15, 0.2) is 29.4 Å². The number of amides is 1. The van der Waals surface area contributed by atoms with Gasteiger partial charge in [-0.3, -0.25) is 4.79 Å². The van der Waals surface area contributed by atoms with E-state index in [9.17, 15) is 9.59 Å². The van der Waals surface area contributed by atoms with Crippen LogP contribution in [0.2, 0.25) is 0 Å². The fourth-order valence-corrected chi connectivity index (χ4v) is 1.60. The van der Waals surface area contributed by atoms with Crippen LogP contribution in [0.3, 0.4) is 0 Å². The lowest BCUT2D eigenvalue weighted by Crippen LogP contribution is -2.19. The normalized spacial score (nSPS) is 14.6. The van der Waals surface area contributed by atoms with E-state index < -0.39 is 5.97 Å². The zero-order valence-corrected chi connectivity index (χ0v) is 9.79. The fraction of sp³-hybridized carbons (Fsp3) is 0.250. The van der Waals surface area contributed by atoms with E-state index >= 15 is 0 Å². The van der Waals surface area contributed by atoms with Crippen molar-refractivity contribution in [1.82, 2.24) is 0 Å². The van der Waals surface area contributed by atoms with Gasteiger partial charge in [0.15, 0.2) is 5.71 Å². The molecule has 0 aromatic heterocycles. The lowest BCUT2D eigenvalue weighted by Gasteiger charge is -2.12. The second-order valence-corrected chi connectivity index (χ2v) is 3.66. The molecule has 18 heavy (non-hydrogen) atoms. The largest absolute Gasteiger partial charge is 0.494 e. The van der Waals surface area contributed by atoms with E-state index in [-0.39, 0.29) is 18.0 Å². The summed E-state index contributed by atoms with van der Waals surface area (Å²) in [5, 5.41) is 13.7. The molecule has 0 saturated heterocycles. The first-order valence-electron chi connectivity index (χ1n) is 5.48. The Hall–Kier alpha value is -2.37. The van der Waals surface area contributed by atoms with Crippen molar-refractivity contribution in [3.8, 4) is 5.75 Å². The third kappa shape index (κ3) is 2.32. The minimum Gasteiger partial charge on any atom is -0.494 e. The van der Waals surface area contributed by atoms with Crippen LogP contribution in [-0.2, 0) is 9.59 Å². The van der Waals surface area contributed by atoms with Crippen LogP contribution in [0, 0.1) is 0 Å². The molecule has 1 aliphatic rings. The Morgan fingerprint density at radius 3 is 2.61 bits per heavy atom. The maximum absolute atomic E-state index is 11.6. The van der Waals surface area contributed by atoms with Gasteiger partial charge in [0.2, 0.25) is 0 Å². The van der Waals surface area contributed by atoms with Gasteiger partial charge in [-0.25, -0.2) is 4.79 Å². The SMILES string of the molecule is CCOc1ccc(N2N=C(C(=O)O)CC2=O)cc1. The highest BCUT2D eigenvalue weighted by Gasteiger charge is 2.28. The maximum Gasteiger partial charge on any atom is 0.352 e. The van der Waals surface area contributed by atoms with Crippen LogP contribution in [0.25, 0.3) is 0 Å². The van der Waals surface area contributed by atoms with Crippen LogP contribution in [-0.4, -0.2) is 29.3 Å². The zero-order chi connectivity index (χ0) is 13.1. The number of benzene rings is 1. The summed E-state index contributed by atoms with van der Waals surface area (Å²) in [7, 11) is 0. The van der Waals surface area contributed by atoms with Crippen molar-refractivity contribution in [1.29, 1.82) is 0 Å². The molecule has 2 rings (SSSR count). The third-order valence-electron chi connectivity index (χ3n) is 2.41. The Balaban J connectivity index is 2.21. The van der Waals surface area contributed by atoms with E-state index in [0.29, 0.717) is 18.0 Å². The second kappa shape index (κ2) is 4.87. The molecule has 0 unspecified atom stereocenters. The van der Waals surface area contributed by atoms with Gasteiger partial charge in [-0.05, 0) is 31.2 Å². The lowest BCUT2D eigenvalue weighted by molar-refractivity contribution is -0.129. The number of rotatable bonds is 4. The quantitative estimate of drug-likeness (QED) is 0.870. The molecule has 1 aromatic carbocycles. The lowest BCUT2D eigenvalue weighted by atomic mass is 10.2. The van der Waals surface area contributed by atoms with Crippen molar-refractivity contribution in [2.75, 3.05) is 11.6 Å². The topological polar surface area (TPSA) is 79.2 Å². The fourth-order valence-electron chi connectivity index (χ4n) is 1.60. The van der Waals surface area contributed by atoms with Crippen molar-refractivity contribution in [2.24, 2.45) is 5.10 Å². The first kappa shape index (κ1) is 12.1. The summed E-state index contributed by atoms with van der Waals surface area (Å²) < 4.78 is 5.28. The molecule has 0 spiro atoms. The number of nitrogens with zero attached hydrogens (tertiary/aromatic N) is 2. The number of carbonyl (C=O) groups is 2. The molecule has 0 radical (unpaired) electrons. The molecule has 6 heteroatoms. The van der Waals surface area contributed by atoms with E-state index in [1.165, 1.54) is 0 Å². The Morgan fingerprint density at radius 2 is 2.11 bits per heavy atom. The van der Waals surface area contributed by atoms with E-state index in [4.69, 9.17) is 9.84 Å². The molecule has 1 N–H and O–H groups in total. The minimum atomic E-state index is -1.17. The maximum atomic E-state index is 11.6. The van der Waals surface area contributed by atoms with Crippen molar-refractivity contribution >= 4 is 23.3 Å². The highest BCUT2D eigenvalue weighted by molar-refractivity contribution is 6.42. The molecule has 6 nitrogen and oxygen atoms in total. The molecule has 1 aliphatic heterocycles. The molecule has 1 aromatic rings. The molecule has 0 fully saturated rings. The van der Waals surface area contributed by atoms with Gasteiger partial charge in [0.25, 0.3) is 5.91 Å². The summed E-state index contributed by atoms with van der Waals surface area (Å²) in [4.78, 5) is 22.4. The molecule has 1 amide bonds. The number of hydrazone groups is 1. The second-order valence-electron chi connectivity index (χ2n) is 3.66. The highest BCUT2D eigenvalue weighted by atomic mass is 16.5. The average molecular weight is 248 g/mol. The molecule has 1 heterocycles. The number of hydrogen-bond acceptors (Lipinski definition) is 4. The molecular formula is C12H12N2O4. The summed E-state index contributed by atoms with van der Waals surface area (Å²) in [6, 6.07) is 6.75. The van der Waals surface area contributed by atoms with Gasteiger partial charge in [-0.1, -0.05) is 0 Å². The molecule has 0 atom stereocenters. The Labute approximate surface area is 103 Å². The Morgan fingerprint density at radius 1 is 1.44 bits per heavy atom. The molecule has 0 saturated carbocycles. The third-order valence-corrected chi connectivity index (χ3v) is 2.41. The zero-order valence-electron chi connectivity index (χ0n) is 9.79. The molecule has 0 bridgehead atoms. The molecular weight excluding hydrogens is 236 g/mol. The Bertz CT molecular complexity index is 507. The summed E-state index contributed by atoms with van der Waals surface area (Å²) in [5.41, 5.74) is 0.383. The van der Waals surface area contributed by atoms with Gasteiger partial charge in [-0.2, -0.15) is 10.1 Å².